The second-order valence-corrected chi connectivity index (χ2v) is 6.72. The molecule has 3 amide bonds. The summed E-state index contributed by atoms with van der Waals surface area (Å²) in [6.45, 7) is 3.05. The smallest absolute Gasteiger partial charge is 0.321 e. The highest BCUT2D eigenvalue weighted by atomic mass is 16.3. The largest absolute Gasteiger partial charge is 0.467 e. The number of carbonyl (C=O) groups excluding carboxylic acids is 2. The van der Waals surface area contributed by atoms with Gasteiger partial charge in [-0.25, -0.2) is 4.79 Å². The summed E-state index contributed by atoms with van der Waals surface area (Å²) in [4.78, 5) is 28.8. The van der Waals surface area contributed by atoms with Crippen LogP contribution in [0.15, 0.2) is 53.1 Å². The Hall–Kier alpha value is -2.76. The Bertz CT molecular complexity index is 730. The van der Waals surface area contributed by atoms with Crippen LogP contribution in [0.2, 0.25) is 0 Å². The summed E-state index contributed by atoms with van der Waals surface area (Å²) in [5.41, 5.74) is 0.759. The second kappa shape index (κ2) is 8.08. The second-order valence-electron chi connectivity index (χ2n) is 6.72. The first-order valence-corrected chi connectivity index (χ1v) is 8.97. The van der Waals surface area contributed by atoms with E-state index in [9.17, 15) is 9.59 Å². The molecule has 2 heterocycles. The molecule has 138 valence electrons. The lowest BCUT2D eigenvalue weighted by Gasteiger charge is -2.35. The molecular formula is C20H25N3O3. The van der Waals surface area contributed by atoms with Crippen molar-refractivity contribution >= 4 is 17.6 Å². The fourth-order valence-corrected chi connectivity index (χ4v) is 3.29. The Labute approximate surface area is 153 Å². The number of anilines is 1. The van der Waals surface area contributed by atoms with Gasteiger partial charge in [0.1, 0.15) is 5.76 Å². The first-order valence-electron chi connectivity index (χ1n) is 8.97. The standard InChI is InChI=1S/C20H25N3O3/c1-15(18-11-7-13-26-18)22(2)19(24)16-8-6-12-23(14-16)20(25)21-17-9-4-3-5-10-17/h3-5,7,9-11,13,15-16H,6,8,12,14H2,1-2H3,(H,21,25). The number of benzene rings is 1. The predicted molar refractivity (Wildman–Crippen MR) is 99.7 cm³/mol. The molecular weight excluding hydrogens is 330 g/mol. The molecule has 1 fully saturated rings. The molecule has 1 aliphatic rings. The molecule has 1 N–H and O–H groups in total. The molecule has 6 heteroatoms. The number of carbonyl (C=O) groups is 2. The normalized spacial score (nSPS) is 18.2. The molecule has 6 nitrogen and oxygen atoms in total. The van der Waals surface area contributed by atoms with Gasteiger partial charge in [0.15, 0.2) is 0 Å². The molecule has 0 saturated carbocycles. The minimum absolute atomic E-state index is 0.0473. The van der Waals surface area contributed by atoms with E-state index in [1.54, 1.807) is 23.1 Å². The van der Waals surface area contributed by atoms with Gasteiger partial charge in [0.2, 0.25) is 5.91 Å². The van der Waals surface area contributed by atoms with Crippen LogP contribution in [-0.4, -0.2) is 41.9 Å². The van der Waals surface area contributed by atoms with Gasteiger partial charge in [-0.05, 0) is 44.0 Å². The van der Waals surface area contributed by atoms with Gasteiger partial charge in [-0.3, -0.25) is 4.79 Å². The van der Waals surface area contributed by atoms with Gasteiger partial charge < -0.3 is 19.5 Å². The van der Waals surface area contributed by atoms with Crippen molar-refractivity contribution in [3.63, 3.8) is 0 Å². The first kappa shape index (κ1) is 18.0. The van der Waals surface area contributed by atoms with Crippen LogP contribution >= 0.6 is 0 Å². The minimum atomic E-state index is -0.187. The van der Waals surface area contributed by atoms with Crippen molar-refractivity contribution in [3.8, 4) is 0 Å². The molecule has 3 rings (SSSR count). The molecule has 1 aromatic carbocycles. The zero-order valence-electron chi connectivity index (χ0n) is 15.2. The van der Waals surface area contributed by atoms with Crippen LogP contribution in [0.3, 0.4) is 0 Å². The van der Waals surface area contributed by atoms with Gasteiger partial charge in [-0.2, -0.15) is 0 Å². The summed E-state index contributed by atoms with van der Waals surface area (Å²) in [7, 11) is 1.79. The lowest BCUT2D eigenvalue weighted by atomic mass is 9.96. The SMILES string of the molecule is CC(c1ccco1)N(C)C(=O)C1CCCN(C(=O)Nc2ccccc2)C1. The molecule has 1 aliphatic heterocycles. The van der Waals surface area contributed by atoms with E-state index in [1.165, 1.54) is 0 Å². The van der Waals surface area contributed by atoms with Gasteiger partial charge >= 0.3 is 6.03 Å². The Morgan fingerprint density at radius 3 is 2.69 bits per heavy atom. The molecule has 0 spiro atoms. The summed E-state index contributed by atoms with van der Waals surface area (Å²) in [5.74, 6) is 0.620. The molecule has 0 radical (unpaired) electrons. The summed E-state index contributed by atoms with van der Waals surface area (Å²) >= 11 is 0. The minimum Gasteiger partial charge on any atom is -0.467 e. The van der Waals surface area contributed by atoms with Crippen molar-refractivity contribution in [1.29, 1.82) is 0 Å². The molecule has 0 aliphatic carbocycles. The fourth-order valence-electron chi connectivity index (χ4n) is 3.29. The van der Waals surface area contributed by atoms with Crippen LogP contribution in [0.5, 0.6) is 0 Å². The first-order chi connectivity index (χ1) is 12.6. The molecule has 0 bridgehead atoms. The number of furan rings is 1. The fraction of sp³-hybridized carbons (Fsp3) is 0.400. The van der Waals surface area contributed by atoms with Crippen molar-refractivity contribution in [2.24, 2.45) is 5.92 Å². The van der Waals surface area contributed by atoms with Crippen LogP contribution in [0.25, 0.3) is 0 Å². The Morgan fingerprint density at radius 2 is 2.00 bits per heavy atom. The third-order valence-electron chi connectivity index (χ3n) is 4.97. The lowest BCUT2D eigenvalue weighted by molar-refractivity contribution is -0.137. The number of nitrogens with one attached hydrogen (secondary N) is 1. The number of urea groups is 1. The van der Waals surface area contributed by atoms with E-state index >= 15 is 0 Å². The van der Waals surface area contributed by atoms with E-state index in [4.69, 9.17) is 4.42 Å². The molecule has 1 aromatic heterocycles. The number of piperidine rings is 1. The number of likely N-dealkylation sites (tertiary alicyclic amines) is 1. The van der Waals surface area contributed by atoms with Crippen LogP contribution in [-0.2, 0) is 4.79 Å². The highest BCUT2D eigenvalue weighted by Gasteiger charge is 2.32. The number of hydrogen-bond donors (Lipinski definition) is 1. The summed E-state index contributed by atoms with van der Waals surface area (Å²) in [6.07, 6.45) is 3.23. The molecule has 26 heavy (non-hydrogen) atoms. The monoisotopic (exact) mass is 355 g/mol. The predicted octanol–water partition coefficient (Wildman–Crippen LogP) is 3.74. The molecule has 2 atom stereocenters. The van der Waals surface area contributed by atoms with E-state index < -0.39 is 0 Å². The Balaban J connectivity index is 1.60. The Kier molecular flexibility index (Phi) is 5.61. The average Bonchev–Trinajstić information content (AvgIpc) is 3.22. The van der Waals surface area contributed by atoms with Crippen LogP contribution in [0.1, 0.15) is 31.6 Å². The molecule has 2 unspecified atom stereocenters. The zero-order chi connectivity index (χ0) is 18.5. The highest BCUT2D eigenvalue weighted by Crippen LogP contribution is 2.25. The van der Waals surface area contributed by atoms with Gasteiger partial charge in [0, 0.05) is 25.8 Å². The number of para-hydroxylation sites is 1. The van der Waals surface area contributed by atoms with E-state index in [1.807, 2.05) is 49.4 Å². The lowest BCUT2D eigenvalue weighted by Crippen LogP contribution is -2.47. The number of hydrogen-bond acceptors (Lipinski definition) is 3. The van der Waals surface area contributed by atoms with E-state index in [0.29, 0.717) is 13.1 Å². The van der Waals surface area contributed by atoms with Crippen molar-refractivity contribution in [3.05, 3.63) is 54.5 Å². The summed E-state index contributed by atoms with van der Waals surface area (Å²) in [5, 5.41) is 2.89. The number of amides is 3. The maximum atomic E-state index is 12.9. The van der Waals surface area contributed by atoms with E-state index in [-0.39, 0.29) is 23.9 Å². The van der Waals surface area contributed by atoms with Gasteiger partial charge in [-0.15, -0.1) is 0 Å². The third-order valence-corrected chi connectivity index (χ3v) is 4.97. The zero-order valence-corrected chi connectivity index (χ0v) is 15.2. The maximum absolute atomic E-state index is 12.9. The maximum Gasteiger partial charge on any atom is 0.321 e. The van der Waals surface area contributed by atoms with Crippen molar-refractivity contribution in [2.45, 2.75) is 25.8 Å². The average molecular weight is 355 g/mol. The quantitative estimate of drug-likeness (QED) is 0.908. The number of rotatable bonds is 4. The van der Waals surface area contributed by atoms with E-state index in [2.05, 4.69) is 5.32 Å². The van der Waals surface area contributed by atoms with Gasteiger partial charge in [0.05, 0.1) is 18.2 Å². The van der Waals surface area contributed by atoms with Crippen LogP contribution < -0.4 is 5.32 Å². The van der Waals surface area contributed by atoms with Crippen molar-refractivity contribution in [1.82, 2.24) is 9.80 Å². The van der Waals surface area contributed by atoms with Crippen molar-refractivity contribution < 1.29 is 14.0 Å². The summed E-state index contributed by atoms with van der Waals surface area (Å²) in [6, 6.07) is 12.8. The Morgan fingerprint density at radius 1 is 1.23 bits per heavy atom. The van der Waals surface area contributed by atoms with Gasteiger partial charge in [-0.1, -0.05) is 18.2 Å². The highest BCUT2D eigenvalue weighted by molar-refractivity contribution is 5.90. The van der Waals surface area contributed by atoms with Crippen LogP contribution in [0, 0.1) is 5.92 Å². The van der Waals surface area contributed by atoms with Crippen molar-refractivity contribution in [2.75, 3.05) is 25.5 Å². The molecule has 2 aromatic rings. The molecule has 1 saturated heterocycles. The number of nitrogens with zero attached hydrogens (tertiary/aromatic N) is 2. The van der Waals surface area contributed by atoms with Gasteiger partial charge in [0.25, 0.3) is 0 Å². The van der Waals surface area contributed by atoms with Crippen LogP contribution in [0.4, 0.5) is 10.5 Å². The third kappa shape index (κ3) is 4.07. The van der Waals surface area contributed by atoms with E-state index in [0.717, 1.165) is 24.3 Å². The topological polar surface area (TPSA) is 65.8 Å². The summed E-state index contributed by atoms with van der Waals surface area (Å²) < 4.78 is 5.41.